The topological polar surface area (TPSA) is 26.3 Å². The van der Waals surface area contributed by atoms with Crippen LogP contribution in [0.25, 0.3) is 0 Å². The molecule has 2 heteroatoms. The largest absolute Gasteiger partial charge is 0.493 e. The molecule has 1 aromatic rings. The van der Waals surface area contributed by atoms with Crippen LogP contribution in [-0.4, -0.2) is 12.4 Å². The van der Waals surface area contributed by atoms with Gasteiger partial charge in [-0.2, -0.15) is 0 Å². The Morgan fingerprint density at radius 2 is 1.95 bits per heavy atom. The summed E-state index contributed by atoms with van der Waals surface area (Å²) in [6.07, 6.45) is 3.26. The first-order valence-corrected chi connectivity index (χ1v) is 7.08. The van der Waals surface area contributed by atoms with Crippen molar-refractivity contribution in [2.24, 2.45) is 5.41 Å². The van der Waals surface area contributed by atoms with Crippen molar-refractivity contribution in [3.05, 3.63) is 29.8 Å². The third-order valence-electron chi connectivity index (χ3n) is 3.02. The quantitative estimate of drug-likeness (QED) is 0.720. The van der Waals surface area contributed by atoms with E-state index in [4.69, 9.17) is 4.74 Å². The molecule has 1 aromatic carbocycles. The number of carbonyl (C=O) groups excluding carboxylic acids is 1. The van der Waals surface area contributed by atoms with Crippen LogP contribution in [0, 0.1) is 12.3 Å². The second-order valence-electron chi connectivity index (χ2n) is 6.37. The first kappa shape index (κ1) is 15.7. The molecular weight excluding hydrogens is 236 g/mol. The van der Waals surface area contributed by atoms with E-state index in [-0.39, 0.29) is 0 Å². The van der Waals surface area contributed by atoms with Crippen molar-refractivity contribution >= 4 is 5.78 Å². The van der Waals surface area contributed by atoms with Crippen molar-refractivity contribution in [3.8, 4) is 5.75 Å². The van der Waals surface area contributed by atoms with Crippen LogP contribution in [0.1, 0.15) is 52.0 Å². The van der Waals surface area contributed by atoms with Gasteiger partial charge in [0, 0.05) is 12.8 Å². The SMILES string of the molecule is Cc1cccc(OCCC(=O)CCCC(C)(C)C)c1. The predicted octanol–water partition coefficient (Wildman–Crippen LogP) is 4.55. The molecule has 2 nitrogen and oxygen atoms in total. The van der Waals surface area contributed by atoms with E-state index in [9.17, 15) is 4.79 Å². The summed E-state index contributed by atoms with van der Waals surface area (Å²) in [6.45, 7) is 9.14. The molecule has 0 aliphatic carbocycles. The van der Waals surface area contributed by atoms with Gasteiger partial charge < -0.3 is 4.74 Å². The number of rotatable bonds is 7. The third-order valence-corrected chi connectivity index (χ3v) is 3.02. The molecule has 0 unspecified atom stereocenters. The molecule has 0 aliphatic rings. The molecule has 0 amide bonds. The van der Waals surface area contributed by atoms with Crippen molar-refractivity contribution in [1.29, 1.82) is 0 Å². The summed E-state index contributed by atoms with van der Waals surface area (Å²) in [7, 11) is 0. The number of ether oxygens (including phenoxy) is 1. The van der Waals surface area contributed by atoms with Gasteiger partial charge >= 0.3 is 0 Å². The lowest BCUT2D eigenvalue weighted by Gasteiger charge is -2.17. The van der Waals surface area contributed by atoms with Crippen LogP contribution in [0.5, 0.6) is 5.75 Å². The first-order valence-electron chi connectivity index (χ1n) is 7.08. The molecule has 0 saturated heterocycles. The monoisotopic (exact) mass is 262 g/mol. The minimum absolute atomic E-state index is 0.303. The minimum atomic E-state index is 0.303. The summed E-state index contributed by atoms with van der Waals surface area (Å²) >= 11 is 0. The molecule has 0 saturated carbocycles. The summed E-state index contributed by atoms with van der Waals surface area (Å²) < 4.78 is 5.58. The van der Waals surface area contributed by atoms with Gasteiger partial charge in [-0.1, -0.05) is 32.9 Å². The van der Waals surface area contributed by atoms with Crippen molar-refractivity contribution in [1.82, 2.24) is 0 Å². The Morgan fingerprint density at radius 3 is 2.58 bits per heavy atom. The standard InChI is InChI=1S/C17H26O2/c1-14-7-5-9-16(13-14)19-12-10-15(18)8-6-11-17(2,3)4/h5,7,9,13H,6,8,10-12H2,1-4H3. The number of benzene rings is 1. The summed E-state index contributed by atoms with van der Waals surface area (Å²) in [4.78, 5) is 11.7. The molecule has 0 radical (unpaired) electrons. The molecule has 19 heavy (non-hydrogen) atoms. The molecule has 1 rings (SSSR count). The average Bonchev–Trinajstić information content (AvgIpc) is 2.27. The molecule has 106 valence electrons. The Balaban J connectivity index is 2.17. The fourth-order valence-corrected chi connectivity index (χ4v) is 1.93. The van der Waals surface area contributed by atoms with E-state index in [1.807, 2.05) is 31.2 Å². The number of hydrogen-bond acceptors (Lipinski definition) is 2. The van der Waals surface area contributed by atoms with Crippen LogP contribution >= 0.6 is 0 Å². The fraction of sp³-hybridized carbons (Fsp3) is 0.588. The van der Waals surface area contributed by atoms with Crippen LogP contribution in [0.2, 0.25) is 0 Å². The van der Waals surface area contributed by atoms with E-state index in [1.54, 1.807) is 0 Å². The van der Waals surface area contributed by atoms with E-state index in [1.165, 1.54) is 5.56 Å². The van der Waals surface area contributed by atoms with E-state index in [0.717, 1.165) is 18.6 Å². The summed E-state index contributed by atoms with van der Waals surface area (Å²) in [5, 5.41) is 0. The molecule has 0 atom stereocenters. The second kappa shape index (κ2) is 7.32. The van der Waals surface area contributed by atoms with Gasteiger partial charge in [-0.3, -0.25) is 4.79 Å². The van der Waals surface area contributed by atoms with Gasteiger partial charge in [-0.05, 0) is 42.9 Å². The van der Waals surface area contributed by atoms with Gasteiger partial charge in [0.05, 0.1) is 6.61 Å². The zero-order chi connectivity index (χ0) is 14.3. The van der Waals surface area contributed by atoms with Gasteiger partial charge in [-0.15, -0.1) is 0 Å². The number of hydrogen-bond donors (Lipinski definition) is 0. The van der Waals surface area contributed by atoms with Gasteiger partial charge in [0.25, 0.3) is 0 Å². The molecule has 0 aromatic heterocycles. The Bertz CT molecular complexity index is 402. The number of aryl methyl sites for hydroxylation is 1. The minimum Gasteiger partial charge on any atom is -0.493 e. The molecular formula is C17H26O2. The van der Waals surface area contributed by atoms with E-state index >= 15 is 0 Å². The van der Waals surface area contributed by atoms with Crippen molar-refractivity contribution in [3.63, 3.8) is 0 Å². The summed E-state index contributed by atoms with van der Waals surface area (Å²) in [5.74, 6) is 1.15. The lowest BCUT2D eigenvalue weighted by atomic mass is 9.89. The maximum absolute atomic E-state index is 11.7. The van der Waals surface area contributed by atoms with E-state index in [0.29, 0.717) is 30.6 Å². The number of Topliss-reactive ketones (excluding diaryl/α,β-unsaturated/α-hetero) is 1. The molecule has 0 spiro atoms. The Hall–Kier alpha value is -1.31. The summed E-state index contributed by atoms with van der Waals surface area (Å²) in [5.41, 5.74) is 1.49. The second-order valence-corrected chi connectivity index (χ2v) is 6.37. The van der Waals surface area contributed by atoms with E-state index < -0.39 is 0 Å². The normalized spacial score (nSPS) is 11.4. The highest BCUT2D eigenvalue weighted by Crippen LogP contribution is 2.21. The van der Waals surface area contributed by atoms with Crippen LogP contribution in [0.3, 0.4) is 0 Å². The molecule has 0 fully saturated rings. The molecule has 0 heterocycles. The number of carbonyl (C=O) groups is 1. The van der Waals surface area contributed by atoms with Crippen LogP contribution in [0.15, 0.2) is 24.3 Å². The van der Waals surface area contributed by atoms with Gasteiger partial charge in [0.15, 0.2) is 0 Å². The van der Waals surface area contributed by atoms with Crippen molar-refractivity contribution < 1.29 is 9.53 Å². The van der Waals surface area contributed by atoms with Crippen molar-refractivity contribution in [2.75, 3.05) is 6.61 Å². The smallest absolute Gasteiger partial charge is 0.136 e. The Kier molecular flexibility index (Phi) is 6.07. The van der Waals surface area contributed by atoms with Crippen molar-refractivity contribution in [2.45, 2.75) is 53.4 Å². The highest BCUT2D eigenvalue weighted by Gasteiger charge is 2.11. The third kappa shape index (κ3) is 7.66. The van der Waals surface area contributed by atoms with Crippen LogP contribution in [0.4, 0.5) is 0 Å². The maximum atomic E-state index is 11.7. The highest BCUT2D eigenvalue weighted by molar-refractivity contribution is 5.78. The zero-order valence-electron chi connectivity index (χ0n) is 12.7. The highest BCUT2D eigenvalue weighted by atomic mass is 16.5. The zero-order valence-corrected chi connectivity index (χ0v) is 12.7. The van der Waals surface area contributed by atoms with E-state index in [2.05, 4.69) is 20.8 Å². The van der Waals surface area contributed by atoms with Gasteiger partial charge in [-0.25, -0.2) is 0 Å². The van der Waals surface area contributed by atoms with Gasteiger partial charge in [0.1, 0.15) is 11.5 Å². The van der Waals surface area contributed by atoms with Crippen LogP contribution < -0.4 is 4.74 Å². The summed E-state index contributed by atoms with van der Waals surface area (Å²) in [6, 6.07) is 7.92. The molecule has 0 N–H and O–H groups in total. The molecule has 0 aliphatic heterocycles. The number of ketones is 1. The average molecular weight is 262 g/mol. The Labute approximate surface area is 117 Å². The van der Waals surface area contributed by atoms with Crippen LogP contribution in [-0.2, 0) is 4.79 Å². The fourth-order valence-electron chi connectivity index (χ4n) is 1.93. The Morgan fingerprint density at radius 1 is 1.21 bits per heavy atom. The van der Waals surface area contributed by atoms with Gasteiger partial charge in [0.2, 0.25) is 0 Å². The first-order chi connectivity index (χ1) is 8.87. The lowest BCUT2D eigenvalue weighted by molar-refractivity contribution is -0.119. The maximum Gasteiger partial charge on any atom is 0.136 e. The lowest BCUT2D eigenvalue weighted by Crippen LogP contribution is -2.09. The predicted molar refractivity (Wildman–Crippen MR) is 79.6 cm³/mol. The molecule has 0 bridgehead atoms.